The van der Waals surface area contributed by atoms with Crippen LogP contribution in [-0.2, 0) is 0 Å². The molecule has 3 rings (SSSR count). The molecule has 3 aromatic carbocycles. The van der Waals surface area contributed by atoms with Crippen molar-refractivity contribution in [1.29, 1.82) is 0 Å². The summed E-state index contributed by atoms with van der Waals surface area (Å²) in [7, 11) is 1.71. The van der Waals surface area contributed by atoms with Crippen molar-refractivity contribution in [2.45, 2.75) is 6.92 Å². The predicted molar refractivity (Wildman–Crippen MR) is 93.6 cm³/mol. The van der Waals surface area contributed by atoms with E-state index < -0.39 is 0 Å². The minimum Gasteiger partial charge on any atom is -0.495 e. The van der Waals surface area contributed by atoms with Gasteiger partial charge in [0.25, 0.3) is 0 Å². The first kappa shape index (κ1) is 14.7. The second-order valence-electron chi connectivity index (χ2n) is 5.18. The molecular weight excluding hydrogens is 292 g/mol. The van der Waals surface area contributed by atoms with Crippen LogP contribution < -0.4 is 4.74 Å². The Kier molecular flexibility index (Phi) is 4.17. The molecule has 0 bridgehead atoms. The summed E-state index contributed by atoms with van der Waals surface area (Å²) in [6.45, 7) is 2.07. The zero-order valence-corrected chi connectivity index (χ0v) is 13.4. The van der Waals surface area contributed by atoms with E-state index >= 15 is 0 Å². The molecule has 0 aromatic heterocycles. The number of ether oxygens (including phenoxy) is 1. The van der Waals surface area contributed by atoms with Crippen LogP contribution in [0.5, 0.6) is 5.75 Å². The summed E-state index contributed by atoms with van der Waals surface area (Å²) in [5.74, 6) is 0.852. The number of aryl methyl sites for hydroxylation is 1. The molecule has 0 atom stereocenters. The summed E-state index contributed by atoms with van der Waals surface area (Å²) in [6.07, 6.45) is 0. The summed E-state index contributed by atoms with van der Waals surface area (Å²) < 4.78 is 5.74. The lowest BCUT2D eigenvalue weighted by Crippen LogP contribution is -1.94. The fourth-order valence-corrected chi connectivity index (χ4v) is 3.10. The molecule has 0 aliphatic carbocycles. The van der Waals surface area contributed by atoms with Crippen LogP contribution in [-0.4, -0.2) is 7.11 Å². The number of halogens is 1. The van der Waals surface area contributed by atoms with Gasteiger partial charge in [-0.2, -0.15) is 0 Å². The quantitative estimate of drug-likeness (QED) is 0.577. The smallest absolute Gasteiger partial charge is 0.134 e. The minimum atomic E-state index is 0.739. The van der Waals surface area contributed by atoms with E-state index in [1.54, 1.807) is 7.11 Å². The van der Waals surface area contributed by atoms with E-state index in [0.717, 1.165) is 38.6 Å². The SMILES string of the molecule is COc1c(-c2ccccc2)cccc1-c1c(C)cccc1Cl. The highest BCUT2D eigenvalue weighted by molar-refractivity contribution is 6.33. The summed E-state index contributed by atoms with van der Waals surface area (Å²) in [6, 6.07) is 22.4. The molecule has 0 aliphatic heterocycles. The van der Waals surface area contributed by atoms with Crippen LogP contribution in [0, 0.1) is 6.92 Å². The van der Waals surface area contributed by atoms with Crippen LogP contribution in [0.1, 0.15) is 5.56 Å². The Balaban J connectivity index is 2.27. The molecule has 3 aromatic rings. The Morgan fingerprint density at radius 2 is 1.45 bits per heavy atom. The normalized spacial score (nSPS) is 10.5. The number of rotatable bonds is 3. The van der Waals surface area contributed by atoms with Crippen LogP contribution in [0.4, 0.5) is 0 Å². The van der Waals surface area contributed by atoms with Crippen LogP contribution in [0.25, 0.3) is 22.3 Å². The molecule has 0 saturated heterocycles. The molecule has 110 valence electrons. The average Bonchev–Trinajstić information content (AvgIpc) is 2.55. The predicted octanol–water partition coefficient (Wildman–Crippen LogP) is 5.99. The molecule has 0 N–H and O–H groups in total. The van der Waals surface area contributed by atoms with Crippen LogP contribution in [0.2, 0.25) is 5.02 Å². The van der Waals surface area contributed by atoms with Crippen molar-refractivity contribution in [3.63, 3.8) is 0 Å². The Hall–Kier alpha value is -2.25. The van der Waals surface area contributed by atoms with Gasteiger partial charge in [-0.1, -0.05) is 72.3 Å². The van der Waals surface area contributed by atoms with Gasteiger partial charge in [0.05, 0.1) is 7.11 Å². The Morgan fingerprint density at radius 3 is 2.14 bits per heavy atom. The van der Waals surface area contributed by atoms with E-state index in [1.807, 2.05) is 36.4 Å². The van der Waals surface area contributed by atoms with Gasteiger partial charge in [-0.25, -0.2) is 0 Å². The first-order chi connectivity index (χ1) is 10.7. The molecular formula is C20H17ClO. The lowest BCUT2D eigenvalue weighted by atomic mass is 9.95. The van der Waals surface area contributed by atoms with E-state index in [-0.39, 0.29) is 0 Å². The molecule has 0 spiro atoms. The van der Waals surface area contributed by atoms with Gasteiger partial charge < -0.3 is 4.74 Å². The van der Waals surface area contributed by atoms with Crippen molar-refractivity contribution >= 4 is 11.6 Å². The highest BCUT2D eigenvalue weighted by Crippen LogP contribution is 2.42. The van der Waals surface area contributed by atoms with Crippen molar-refractivity contribution < 1.29 is 4.74 Å². The molecule has 22 heavy (non-hydrogen) atoms. The first-order valence-electron chi connectivity index (χ1n) is 7.20. The molecule has 0 aliphatic rings. The zero-order valence-electron chi connectivity index (χ0n) is 12.6. The number of hydrogen-bond donors (Lipinski definition) is 0. The molecule has 0 fully saturated rings. The van der Waals surface area contributed by atoms with E-state index in [9.17, 15) is 0 Å². The zero-order chi connectivity index (χ0) is 15.5. The highest BCUT2D eigenvalue weighted by Gasteiger charge is 2.15. The molecule has 0 unspecified atom stereocenters. The Labute approximate surface area is 136 Å². The highest BCUT2D eigenvalue weighted by atomic mass is 35.5. The maximum Gasteiger partial charge on any atom is 0.134 e. The van der Waals surface area contributed by atoms with Gasteiger partial charge in [0.2, 0.25) is 0 Å². The van der Waals surface area contributed by atoms with Gasteiger partial charge in [0, 0.05) is 21.7 Å². The average molecular weight is 309 g/mol. The van der Waals surface area contributed by atoms with E-state index in [2.05, 4.69) is 37.3 Å². The third kappa shape index (κ3) is 2.60. The Morgan fingerprint density at radius 1 is 0.773 bits per heavy atom. The largest absolute Gasteiger partial charge is 0.495 e. The first-order valence-corrected chi connectivity index (χ1v) is 7.58. The maximum absolute atomic E-state index is 6.44. The summed E-state index contributed by atoms with van der Waals surface area (Å²) in [5.41, 5.74) is 5.38. The van der Waals surface area contributed by atoms with Gasteiger partial charge in [-0.15, -0.1) is 0 Å². The minimum absolute atomic E-state index is 0.739. The van der Waals surface area contributed by atoms with Crippen molar-refractivity contribution in [3.05, 3.63) is 77.3 Å². The third-order valence-corrected chi connectivity index (χ3v) is 4.11. The molecule has 0 amide bonds. The van der Waals surface area contributed by atoms with Crippen LogP contribution in [0.3, 0.4) is 0 Å². The number of para-hydroxylation sites is 1. The standard InChI is InChI=1S/C20H17ClO/c1-14-8-6-13-18(21)19(14)17-12-7-11-16(20(17)22-2)15-9-4-3-5-10-15/h3-13H,1-2H3. The molecule has 0 heterocycles. The third-order valence-electron chi connectivity index (χ3n) is 3.80. The number of hydrogen-bond acceptors (Lipinski definition) is 1. The van der Waals surface area contributed by atoms with E-state index in [4.69, 9.17) is 16.3 Å². The molecule has 2 heteroatoms. The van der Waals surface area contributed by atoms with Gasteiger partial charge in [-0.05, 0) is 24.1 Å². The van der Waals surface area contributed by atoms with Gasteiger partial charge in [0.15, 0.2) is 0 Å². The van der Waals surface area contributed by atoms with Crippen LogP contribution in [0.15, 0.2) is 66.7 Å². The molecule has 1 nitrogen and oxygen atoms in total. The van der Waals surface area contributed by atoms with Gasteiger partial charge in [0.1, 0.15) is 5.75 Å². The van der Waals surface area contributed by atoms with Crippen molar-refractivity contribution in [1.82, 2.24) is 0 Å². The topological polar surface area (TPSA) is 9.23 Å². The van der Waals surface area contributed by atoms with Gasteiger partial charge in [-0.3, -0.25) is 0 Å². The van der Waals surface area contributed by atoms with Crippen molar-refractivity contribution in [2.75, 3.05) is 7.11 Å². The number of methoxy groups -OCH3 is 1. The van der Waals surface area contributed by atoms with E-state index in [1.165, 1.54) is 0 Å². The summed E-state index contributed by atoms with van der Waals surface area (Å²) >= 11 is 6.44. The fraction of sp³-hybridized carbons (Fsp3) is 0.100. The van der Waals surface area contributed by atoms with Crippen molar-refractivity contribution in [2.24, 2.45) is 0 Å². The second kappa shape index (κ2) is 6.25. The number of benzene rings is 3. The van der Waals surface area contributed by atoms with Crippen LogP contribution >= 0.6 is 11.6 Å². The summed E-state index contributed by atoms with van der Waals surface area (Å²) in [4.78, 5) is 0. The Bertz CT molecular complexity index is 774. The lowest BCUT2D eigenvalue weighted by Gasteiger charge is -2.16. The fourth-order valence-electron chi connectivity index (χ4n) is 2.77. The summed E-state index contributed by atoms with van der Waals surface area (Å²) in [5, 5.41) is 0.739. The van der Waals surface area contributed by atoms with Gasteiger partial charge >= 0.3 is 0 Å². The molecule has 0 radical (unpaired) electrons. The molecule has 0 saturated carbocycles. The lowest BCUT2D eigenvalue weighted by molar-refractivity contribution is 0.418. The van der Waals surface area contributed by atoms with Crippen molar-refractivity contribution in [3.8, 4) is 28.0 Å². The maximum atomic E-state index is 6.44. The monoisotopic (exact) mass is 308 g/mol. The van der Waals surface area contributed by atoms with E-state index in [0.29, 0.717) is 0 Å². The second-order valence-corrected chi connectivity index (χ2v) is 5.59.